The molecule has 0 unspecified atom stereocenters. The largest absolute Gasteiger partial charge is 0.352 e. The molecular formula is C20H24N2O3S. The van der Waals surface area contributed by atoms with E-state index in [0.29, 0.717) is 25.1 Å². The van der Waals surface area contributed by atoms with Crippen molar-refractivity contribution in [2.75, 3.05) is 17.4 Å². The van der Waals surface area contributed by atoms with E-state index in [1.54, 1.807) is 18.2 Å². The summed E-state index contributed by atoms with van der Waals surface area (Å²) in [4.78, 5) is 12.4. The Kier molecular flexibility index (Phi) is 5.61. The highest BCUT2D eigenvalue weighted by atomic mass is 32.2. The molecule has 138 valence electrons. The lowest BCUT2D eigenvalue weighted by molar-refractivity contribution is 0.0952. The van der Waals surface area contributed by atoms with Crippen LogP contribution in [0.15, 0.2) is 53.4 Å². The van der Waals surface area contributed by atoms with Gasteiger partial charge in [0, 0.05) is 18.7 Å². The van der Waals surface area contributed by atoms with E-state index in [2.05, 4.69) is 12.2 Å². The number of rotatable bonds is 7. The van der Waals surface area contributed by atoms with Gasteiger partial charge in [0.25, 0.3) is 15.9 Å². The molecule has 1 N–H and O–H groups in total. The highest BCUT2D eigenvalue weighted by Crippen LogP contribution is 2.32. The lowest BCUT2D eigenvalue weighted by Gasteiger charge is -2.20. The zero-order valence-corrected chi connectivity index (χ0v) is 15.8. The molecule has 0 saturated carbocycles. The molecule has 0 atom stereocenters. The maximum atomic E-state index is 13.1. The van der Waals surface area contributed by atoms with Crippen LogP contribution in [0, 0.1) is 0 Å². The minimum Gasteiger partial charge on any atom is -0.352 e. The Morgan fingerprint density at radius 1 is 1.12 bits per heavy atom. The number of sulfonamides is 1. The zero-order chi connectivity index (χ0) is 18.6. The van der Waals surface area contributed by atoms with Gasteiger partial charge in [0.1, 0.15) is 0 Å². The van der Waals surface area contributed by atoms with Crippen LogP contribution < -0.4 is 9.62 Å². The fourth-order valence-corrected chi connectivity index (χ4v) is 4.71. The van der Waals surface area contributed by atoms with Gasteiger partial charge in [-0.25, -0.2) is 8.42 Å². The van der Waals surface area contributed by atoms with Gasteiger partial charge in [0.15, 0.2) is 0 Å². The zero-order valence-electron chi connectivity index (χ0n) is 14.9. The first-order valence-electron chi connectivity index (χ1n) is 9.03. The van der Waals surface area contributed by atoms with Gasteiger partial charge < -0.3 is 5.32 Å². The first-order valence-corrected chi connectivity index (χ1v) is 10.5. The minimum atomic E-state index is -3.68. The van der Waals surface area contributed by atoms with Crippen LogP contribution in [0.1, 0.15) is 42.1 Å². The highest BCUT2D eigenvalue weighted by molar-refractivity contribution is 7.92. The summed E-state index contributed by atoms with van der Waals surface area (Å²) >= 11 is 0. The predicted octanol–water partition coefficient (Wildman–Crippen LogP) is 3.36. The summed E-state index contributed by atoms with van der Waals surface area (Å²) in [6.07, 6.45) is 3.77. The number of para-hydroxylation sites is 1. The summed E-state index contributed by atoms with van der Waals surface area (Å²) in [5.41, 5.74) is 2.12. The number of carbonyl (C=O) groups excluding carboxylic acids is 1. The average molecular weight is 372 g/mol. The van der Waals surface area contributed by atoms with Crippen LogP contribution in [0.25, 0.3) is 0 Å². The molecule has 1 aliphatic heterocycles. The number of nitrogens with one attached hydrogen (secondary N) is 1. The molecule has 2 aromatic rings. The topological polar surface area (TPSA) is 66.5 Å². The lowest BCUT2D eigenvalue weighted by Crippen LogP contribution is -2.29. The predicted molar refractivity (Wildman–Crippen MR) is 103 cm³/mol. The van der Waals surface area contributed by atoms with Crippen LogP contribution in [-0.2, 0) is 16.4 Å². The second-order valence-electron chi connectivity index (χ2n) is 6.45. The lowest BCUT2D eigenvalue weighted by atomic mass is 10.2. The summed E-state index contributed by atoms with van der Waals surface area (Å²) in [5.74, 6) is -0.236. The van der Waals surface area contributed by atoms with E-state index in [9.17, 15) is 13.2 Å². The first kappa shape index (κ1) is 18.5. The summed E-state index contributed by atoms with van der Waals surface area (Å²) in [5, 5.41) is 2.85. The Bertz CT molecular complexity index is 893. The standard InChI is InChI=1S/C20H24N2O3S/c1-2-3-6-13-21-20(23)17-9-7-10-18(15-17)26(24,25)22-14-12-16-8-4-5-11-19(16)22/h4-5,7-11,15H,2-3,6,12-14H2,1H3,(H,21,23). The molecule has 1 aliphatic rings. The molecule has 0 fully saturated rings. The Morgan fingerprint density at radius 3 is 2.73 bits per heavy atom. The molecule has 0 aromatic heterocycles. The second kappa shape index (κ2) is 7.91. The monoisotopic (exact) mass is 372 g/mol. The van der Waals surface area contributed by atoms with Crippen LogP contribution in [0.5, 0.6) is 0 Å². The molecule has 2 aromatic carbocycles. The van der Waals surface area contributed by atoms with Gasteiger partial charge in [-0.1, -0.05) is 44.0 Å². The summed E-state index contributed by atoms with van der Waals surface area (Å²) in [6, 6.07) is 13.8. The molecular weight excluding hydrogens is 348 g/mol. The van der Waals surface area contributed by atoms with E-state index in [0.717, 1.165) is 30.5 Å². The molecule has 0 aliphatic carbocycles. The summed E-state index contributed by atoms with van der Waals surface area (Å²) in [7, 11) is -3.68. The van der Waals surface area contributed by atoms with Gasteiger partial charge in [0.05, 0.1) is 10.6 Å². The van der Waals surface area contributed by atoms with Gasteiger partial charge in [-0.15, -0.1) is 0 Å². The van der Waals surface area contributed by atoms with Gasteiger partial charge in [-0.05, 0) is 42.7 Å². The smallest absolute Gasteiger partial charge is 0.264 e. The highest BCUT2D eigenvalue weighted by Gasteiger charge is 2.30. The van der Waals surface area contributed by atoms with Crippen molar-refractivity contribution in [1.82, 2.24) is 5.32 Å². The molecule has 6 heteroatoms. The van der Waals surface area contributed by atoms with E-state index in [-0.39, 0.29) is 10.8 Å². The Labute approximate surface area is 155 Å². The molecule has 0 saturated heterocycles. The van der Waals surface area contributed by atoms with Crippen LogP contribution in [-0.4, -0.2) is 27.4 Å². The first-order chi connectivity index (χ1) is 12.5. The van der Waals surface area contributed by atoms with Gasteiger partial charge in [0.2, 0.25) is 0 Å². The number of hydrogen-bond acceptors (Lipinski definition) is 3. The normalized spacial score (nSPS) is 13.5. The van der Waals surface area contributed by atoms with Crippen molar-refractivity contribution in [2.45, 2.75) is 37.5 Å². The van der Waals surface area contributed by atoms with E-state index in [1.165, 1.54) is 10.4 Å². The number of benzene rings is 2. The fourth-order valence-electron chi connectivity index (χ4n) is 3.16. The quantitative estimate of drug-likeness (QED) is 0.758. The van der Waals surface area contributed by atoms with Crippen LogP contribution in [0.4, 0.5) is 5.69 Å². The van der Waals surface area contributed by atoms with Crippen LogP contribution >= 0.6 is 0 Å². The van der Waals surface area contributed by atoms with Crippen LogP contribution in [0.2, 0.25) is 0 Å². The van der Waals surface area contributed by atoms with Gasteiger partial charge in [-0.3, -0.25) is 9.10 Å². The number of unbranched alkanes of at least 4 members (excludes halogenated alkanes) is 2. The third-order valence-electron chi connectivity index (χ3n) is 4.59. The van der Waals surface area contributed by atoms with Crippen molar-refractivity contribution in [3.63, 3.8) is 0 Å². The van der Waals surface area contributed by atoms with Crippen molar-refractivity contribution < 1.29 is 13.2 Å². The SMILES string of the molecule is CCCCCNC(=O)c1cccc(S(=O)(=O)N2CCc3ccccc32)c1. The second-order valence-corrected chi connectivity index (χ2v) is 8.31. The average Bonchev–Trinajstić information content (AvgIpc) is 3.10. The van der Waals surface area contributed by atoms with E-state index in [4.69, 9.17) is 0 Å². The third-order valence-corrected chi connectivity index (χ3v) is 6.40. The molecule has 1 amide bonds. The molecule has 26 heavy (non-hydrogen) atoms. The Balaban J connectivity index is 1.80. The number of anilines is 1. The van der Waals surface area contributed by atoms with Crippen molar-refractivity contribution >= 4 is 21.6 Å². The van der Waals surface area contributed by atoms with E-state index in [1.807, 2.05) is 24.3 Å². The number of amides is 1. The molecule has 5 nitrogen and oxygen atoms in total. The van der Waals surface area contributed by atoms with Gasteiger partial charge >= 0.3 is 0 Å². The molecule has 1 heterocycles. The molecule has 0 radical (unpaired) electrons. The van der Waals surface area contributed by atoms with Crippen molar-refractivity contribution in [2.24, 2.45) is 0 Å². The summed E-state index contributed by atoms with van der Waals surface area (Å²) in [6.45, 7) is 3.13. The number of hydrogen-bond donors (Lipinski definition) is 1. The number of carbonyl (C=O) groups is 1. The van der Waals surface area contributed by atoms with Crippen LogP contribution in [0.3, 0.4) is 0 Å². The molecule has 3 rings (SSSR count). The Hall–Kier alpha value is -2.34. The maximum Gasteiger partial charge on any atom is 0.264 e. The van der Waals surface area contributed by atoms with Crippen molar-refractivity contribution in [1.29, 1.82) is 0 Å². The van der Waals surface area contributed by atoms with Gasteiger partial charge in [-0.2, -0.15) is 0 Å². The van der Waals surface area contributed by atoms with Crippen molar-refractivity contribution in [3.8, 4) is 0 Å². The number of nitrogens with zero attached hydrogens (tertiary/aromatic N) is 1. The number of fused-ring (bicyclic) bond motifs is 1. The fraction of sp³-hybridized carbons (Fsp3) is 0.350. The maximum absolute atomic E-state index is 13.1. The molecule has 0 bridgehead atoms. The van der Waals surface area contributed by atoms with Crippen molar-refractivity contribution in [3.05, 3.63) is 59.7 Å². The minimum absolute atomic E-state index is 0.149. The van der Waals surface area contributed by atoms with E-state index >= 15 is 0 Å². The molecule has 0 spiro atoms. The Morgan fingerprint density at radius 2 is 1.92 bits per heavy atom. The van der Waals surface area contributed by atoms with E-state index < -0.39 is 10.0 Å². The third kappa shape index (κ3) is 3.75. The summed E-state index contributed by atoms with van der Waals surface area (Å²) < 4.78 is 27.6.